The van der Waals surface area contributed by atoms with Gasteiger partial charge in [-0.2, -0.15) is 0 Å². The molecule has 1 heterocycles. The molecule has 4 rings (SSSR count). The Hall–Kier alpha value is -4.09. The molecule has 3 aromatic carbocycles. The molecular weight excluding hydrogens is 610 g/mol. The fourth-order valence-electron chi connectivity index (χ4n) is 4.95. The van der Waals surface area contributed by atoms with E-state index in [0.29, 0.717) is 75.0 Å². The zero-order valence-electron chi connectivity index (χ0n) is 25.8. The Balaban J connectivity index is 1.63. The summed E-state index contributed by atoms with van der Waals surface area (Å²) >= 11 is 6.32. The highest BCUT2D eigenvalue weighted by molar-refractivity contribution is 7.96. The molecule has 44 heavy (non-hydrogen) atoms. The molecule has 0 radical (unpaired) electrons. The second kappa shape index (κ2) is 14.6. The van der Waals surface area contributed by atoms with Gasteiger partial charge in [0.05, 0.1) is 61.3 Å². The first kappa shape index (κ1) is 32.8. The summed E-state index contributed by atoms with van der Waals surface area (Å²) in [5, 5.41) is 14.5. The van der Waals surface area contributed by atoms with Crippen LogP contribution in [-0.4, -0.2) is 65.8 Å². The first-order valence-corrected chi connectivity index (χ1v) is 15.8. The van der Waals surface area contributed by atoms with E-state index in [9.17, 15) is 9.90 Å². The summed E-state index contributed by atoms with van der Waals surface area (Å²) < 4.78 is 40.2. The van der Waals surface area contributed by atoms with Gasteiger partial charge >= 0.3 is 5.56 Å². The van der Waals surface area contributed by atoms with Crippen LogP contribution in [0.15, 0.2) is 52.2 Å². The second-order valence-electron chi connectivity index (χ2n) is 9.65. The van der Waals surface area contributed by atoms with E-state index < -0.39 is 10.9 Å². The fourth-order valence-corrected chi connectivity index (χ4v) is 6.71. The maximum absolute atomic E-state index is 14.0. The number of rotatable bonds is 14. The normalized spacial score (nSPS) is 11.6. The van der Waals surface area contributed by atoms with Gasteiger partial charge in [-0.25, -0.2) is 0 Å². The third-order valence-electron chi connectivity index (χ3n) is 7.06. The SMILES string of the molecule is COc1cc(Cn2c(=O)c([S+](C)CCCOc3cc(OC)c(OC)c(OC)c3)c([O-])c3ccc(Cl)cc32)cc(OC)c1OC. The van der Waals surface area contributed by atoms with Crippen LogP contribution in [-0.2, 0) is 17.4 Å². The monoisotopic (exact) mass is 645 g/mol. The van der Waals surface area contributed by atoms with Gasteiger partial charge in [0.1, 0.15) is 17.8 Å². The summed E-state index contributed by atoms with van der Waals surface area (Å²) in [6.45, 7) is 0.508. The number of pyridine rings is 1. The van der Waals surface area contributed by atoms with Crippen molar-refractivity contribution < 1.29 is 38.3 Å². The van der Waals surface area contributed by atoms with Gasteiger partial charge in [-0.1, -0.05) is 17.7 Å². The van der Waals surface area contributed by atoms with Gasteiger partial charge in [-0.3, -0.25) is 9.36 Å². The maximum atomic E-state index is 14.0. The number of aromatic nitrogens is 1. The van der Waals surface area contributed by atoms with E-state index in [-0.39, 0.29) is 22.7 Å². The number of ether oxygens (including phenoxy) is 7. The molecule has 0 aliphatic carbocycles. The van der Waals surface area contributed by atoms with Gasteiger partial charge in [0, 0.05) is 34.5 Å². The third-order valence-corrected chi connectivity index (χ3v) is 9.25. The Morgan fingerprint density at radius 2 is 1.34 bits per heavy atom. The molecule has 0 aliphatic heterocycles. The smallest absolute Gasteiger partial charge is 0.306 e. The highest BCUT2D eigenvalue weighted by Crippen LogP contribution is 2.41. The van der Waals surface area contributed by atoms with Crippen molar-refractivity contribution in [2.24, 2.45) is 0 Å². The van der Waals surface area contributed by atoms with Crippen LogP contribution in [0.4, 0.5) is 0 Å². The average molecular weight is 646 g/mol. The number of halogens is 1. The van der Waals surface area contributed by atoms with E-state index >= 15 is 0 Å². The van der Waals surface area contributed by atoms with Crippen LogP contribution < -0.4 is 43.8 Å². The van der Waals surface area contributed by atoms with Gasteiger partial charge < -0.3 is 38.3 Å². The van der Waals surface area contributed by atoms with E-state index in [0.717, 1.165) is 5.56 Å². The van der Waals surface area contributed by atoms with Crippen molar-refractivity contribution in [3.05, 3.63) is 63.4 Å². The van der Waals surface area contributed by atoms with Crippen molar-refractivity contribution in [2.75, 3.05) is 61.3 Å². The summed E-state index contributed by atoms with van der Waals surface area (Å²) in [5.41, 5.74) is 0.810. The number of hydrogen-bond acceptors (Lipinski definition) is 9. The Bertz CT molecular complexity index is 1640. The predicted molar refractivity (Wildman–Crippen MR) is 170 cm³/mol. The molecule has 1 atom stereocenters. The van der Waals surface area contributed by atoms with E-state index in [2.05, 4.69) is 0 Å². The quantitative estimate of drug-likeness (QED) is 0.140. The minimum Gasteiger partial charge on any atom is -0.868 e. The maximum Gasteiger partial charge on any atom is 0.306 e. The van der Waals surface area contributed by atoms with Gasteiger partial charge in [0.25, 0.3) is 0 Å². The van der Waals surface area contributed by atoms with E-state index in [1.807, 2.05) is 6.26 Å². The van der Waals surface area contributed by atoms with Crippen LogP contribution in [0.3, 0.4) is 0 Å². The number of benzene rings is 3. The van der Waals surface area contributed by atoms with Crippen LogP contribution >= 0.6 is 11.6 Å². The number of hydrogen-bond donors (Lipinski definition) is 0. The standard InChI is InChI=1S/C32H36ClNO9S/c1-37-24-13-19(14-25(38-2)29(24)41-5)18-34-23-15-20(33)9-10-22(23)28(35)31(32(34)36)44(7)12-8-11-43-21-16-26(39-3)30(42-6)27(17-21)40-4/h9-10,13-17H,8,11-12,18H2,1-7H3. The lowest BCUT2D eigenvalue weighted by Crippen LogP contribution is -2.29. The first-order chi connectivity index (χ1) is 21.2. The molecule has 236 valence electrons. The van der Waals surface area contributed by atoms with Crippen LogP contribution in [0.2, 0.25) is 5.02 Å². The summed E-state index contributed by atoms with van der Waals surface area (Å²) in [6.07, 6.45) is 2.50. The van der Waals surface area contributed by atoms with E-state index in [4.69, 9.17) is 44.8 Å². The number of methoxy groups -OCH3 is 6. The first-order valence-electron chi connectivity index (χ1n) is 13.6. The zero-order valence-corrected chi connectivity index (χ0v) is 27.3. The van der Waals surface area contributed by atoms with Crippen LogP contribution in [0.1, 0.15) is 12.0 Å². The average Bonchev–Trinajstić information content (AvgIpc) is 3.03. The molecule has 0 fully saturated rings. The molecule has 1 unspecified atom stereocenters. The van der Waals surface area contributed by atoms with Crippen molar-refractivity contribution in [1.29, 1.82) is 0 Å². The highest BCUT2D eigenvalue weighted by Gasteiger charge is 2.26. The van der Waals surface area contributed by atoms with Crippen molar-refractivity contribution in [3.63, 3.8) is 0 Å². The lowest BCUT2D eigenvalue weighted by Gasteiger charge is -2.20. The number of fused-ring (bicyclic) bond motifs is 1. The molecule has 0 spiro atoms. The predicted octanol–water partition coefficient (Wildman–Crippen LogP) is 4.90. The third kappa shape index (κ3) is 6.68. The lowest BCUT2D eigenvalue weighted by molar-refractivity contribution is -0.270. The van der Waals surface area contributed by atoms with Gasteiger partial charge in [-0.15, -0.1) is 0 Å². The molecule has 4 aromatic rings. The van der Waals surface area contributed by atoms with Crippen molar-refractivity contribution in [1.82, 2.24) is 4.57 Å². The van der Waals surface area contributed by atoms with E-state index in [1.165, 1.54) is 42.7 Å². The Morgan fingerprint density at radius 1 is 0.795 bits per heavy atom. The number of nitrogens with zero attached hydrogens (tertiary/aromatic N) is 1. The summed E-state index contributed by atoms with van der Waals surface area (Å²) in [4.78, 5) is 14.3. The highest BCUT2D eigenvalue weighted by atomic mass is 35.5. The minimum atomic E-state index is -0.676. The minimum absolute atomic E-state index is 0.154. The lowest BCUT2D eigenvalue weighted by atomic mass is 10.1. The summed E-state index contributed by atoms with van der Waals surface area (Å²) in [6, 6.07) is 12.0. The topological polar surface area (TPSA) is 110 Å². The Labute approximate surface area is 264 Å². The molecule has 0 bridgehead atoms. The second-order valence-corrected chi connectivity index (χ2v) is 12.2. The van der Waals surface area contributed by atoms with Crippen LogP contribution in [0.25, 0.3) is 10.9 Å². The van der Waals surface area contributed by atoms with Crippen molar-refractivity contribution in [2.45, 2.75) is 17.9 Å². The molecule has 1 aromatic heterocycles. The summed E-state index contributed by atoms with van der Waals surface area (Å²) in [7, 11) is 8.52. The molecular formula is C32H36ClNO9S. The van der Waals surface area contributed by atoms with E-state index in [1.54, 1.807) is 47.0 Å². The molecule has 0 saturated heterocycles. The summed E-state index contributed by atoms with van der Waals surface area (Å²) in [5.74, 6) is 3.63. The van der Waals surface area contributed by atoms with Crippen LogP contribution in [0, 0.1) is 0 Å². The zero-order chi connectivity index (χ0) is 32.0. The molecule has 12 heteroatoms. The Kier molecular flexibility index (Phi) is 10.9. The fraction of sp³-hybridized carbons (Fsp3) is 0.344. The van der Waals surface area contributed by atoms with Crippen LogP contribution in [0.5, 0.6) is 46.0 Å². The Morgan fingerprint density at radius 3 is 1.86 bits per heavy atom. The molecule has 10 nitrogen and oxygen atoms in total. The largest absolute Gasteiger partial charge is 0.868 e. The molecule has 0 amide bonds. The van der Waals surface area contributed by atoms with Crippen molar-refractivity contribution in [3.8, 4) is 46.0 Å². The molecule has 0 N–H and O–H groups in total. The van der Waals surface area contributed by atoms with Gasteiger partial charge in [-0.05, 0) is 41.0 Å². The van der Waals surface area contributed by atoms with Crippen molar-refractivity contribution >= 4 is 33.4 Å². The van der Waals surface area contributed by atoms with Gasteiger partial charge in [0.15, 0.2) is 23.0 Å². The molecule has 0 aliphatic rings. The molecule has 0 saturated carbocycles. The van der Waals surface area contributed by atoms with Gasteiger partial charge in [0.2, 0.25) is 16.4 Å².